The summed E-state index contributed by atoms with van der Waals surface area (Å²) in [7, 11) is -3.75. The van der Waals surface area contributed by atoms with E-state index < -0.39 is 10.0 Å². The summed E-state index contributed by atoms with van der Waals surface area (Å²) in [4.78, 5) is 2.56. The zero-order chi connectivity index (χ0) is 20.9. The molecule has 0 atom stereocenters. The highest BCUT2D eigenvalue weighted by atomic mass is 32.2. The number of nitrogens with zero attached hydrogens (tertiary/aromatic N) is 1. The number of hydrogen-bond donors (Lipinski definition) is 1. The molecule has 0 amide bonds. The van der Waals surface area contributed by atoms with Crippen LogP contribution in [0, 0.1) is 12.8 Å². The number of benzene rings is 2. The van der Waals surface area contributed by atoms with Crippen molar-refractivity contribution >= 4 is 16.2 Å². The number of sulfonamides is 1. The highest BCUT2D eigenvalue weighted by molar-refractivity contribution is 7.89. The predicted molar refractivity (Wildman–Crippen MR) is 115 cm³/mol. The largest absolute Gasteiger partial charge is 0.493 e. The number of hydrogen-bond acceptors (Lipinski definition) is 4. The van der Waals surface area contributed by atoms with Crippen molar-refractivity contribution in [2.24, 2.45) is 11.0 Å². The Hall–Kier alpha value is -2.34. The molecule has 0 saturated heterocycles. The summed E-state index contributed by atoms with van der Waals surface area (Å²) in [5.41, 5.74) is 2.25. The van der Waals surface area contributed by atoms with E-state index in [2.05, 4.69) is 23.8 Å². The second kappa shape index (κ2) is 8.78. The number of aryl methyl sites for hydroxylation is 1. The Morgan fingerprint density at radius 1 is 1.14 bits per heavy atom. The van der Waals surface area contributed by atoms with Crippen molar-refractivity contribution in [1.29, 1.82) is 0 Å². The van der Waals surface area contributed by atoms with E-state index in [9.17, 15) is 8.42 Å². The molecule has 0 radical (unpaired) electrons. The lowest BCUT2D eigenvalue weighted by Gasteiger charge is -2.20. The van der Waals surface area contributed by atoms with Gasteiger partial charge in [-0.25, -0.2) is 4.83 Å². The van der Waals surface area contributed by atoms with Crippen molar-refractivity contribution < 1.29 is 13.2 Å². The molecule has 0 aliphatic carbocycles. The summed E-state index contributed by atoms with van der Waals surface area (Å²) in [6.45, 7) is 12.7. The third kappa shape index (κ3) is 6.09. The molecule has 2 aromatic carbocycles. The third-order valence-electron chi connectivity index (χ3n) is 4.17. The van der Waals surface area contributed by atoms with Crippen LogP contribution in [0.4, 0.5) is 0 Å². The Balaban J connectivity index is 2.17. The highest BCUT2D eigenvalue weighted by Gasteiger charge is 2.21. The summed E-state index contributed by atoms with van der Waals surface area (Å²) in [5.74, 6) is 1.16. The average Bonchev–Trinajstić information content (AvgIpc) is 2.59. The van der Waals surface area contributed by atoms with Crippen molar-refractivity contribution in [3.8, 4) is 5.75 Å². The summed E-state index contributed by atoms with van der Waals surface area (Å²) in [5, 5.41) is 3.94. The Bertz CT molecular complexity index is 942. The minimum absolute atomic E-state index is 0.141. The van der Waals surface area contributed by atoms with Crippen molar-refractivity contribution in [3.63, 3.8) is 0 Å². The molecule has 0 aromatic heterocycles. The van der Waals surface area contributed by atoms with Gasteiger partial charge < -0.3 is 4.74 Å². The van der Waals surface area contributed by atoms with E-state index in [1.165, 1.54) is 6.21 Å². The first-order valence-corrected chi connectivity index (χ1v) is 10.9. The molecule has 0 aliphatic rings. The standard InChI is InChI=1S/C22H30N2O3S/c1-16(2)15-27-20-9-7-8-18(12-20)14-23-24-28(25,26)21-13-19(22(4,5)6)11-10-17(21)3/h7-14,16,24H,15H2,1-6H3/b23-14+. The molecule has 0 fully saturated rings. The molecule has 0 unspecified atom stereocenters. The van der Waals surface area contributed by atoms with Gasteiger partial charge in [-0.2, -0.15) is 13.5 Å². The lowest BCUT2D eigenvalue weighted by Crippen LogP contribution is -2.21. The zero-order valence-corrected chi connectivity index (χ0v) is 18.3. The van der Waals surface area contributed by atoms with Crippen LogP contribution in [-0.4, -0.2) is 21.2 Å². The molecular weight excluding hydrogens is 372 g/mol. The van der Waals surface area contributed by atoms with Crippen LogP contribution in [-0.2, 0) is 15.4 Å². The molecule has 2 aromatic rings. The topological polar surface area (TPSA) is 67.8 Å². The van der Waals surface area contributed by atoms with Crippen LogP contribution in [0.1, 0.15) is 51.3 Å². The van der Waals surface area contributed by atoms with E-state index >= 15 is 0 Å². The van der Waals surface area contributed by atoms with Crippen molar-refractivity contribution in [2.75, 3.05) is 6.61 Å². The predicted octanol–water partition coefficient (Wildman–Crippen LogP) is 4.64. The van der Waals surface area contributed by atoms with Gasteiger partial charge in [-0.05, 0) is 53.1 Å². The van der Waals surface area contributed by atoms with Crippen LogP contribution in [0.2, 0.25) is 0 Å². The molecule has 28 heavy (non-hydrogen) atoms. The molecule has 0 saturated carbocycles. The average molecular weight is 403 g/mol. The molecule has 152 valence electrons. The lowest BCUT2D eigenvalue weighted by molar-refractivity contribution is 0.271. The fraction of sp³-hybridized carbons (Fsp3) is 0.409. The van der Waals surface area contributed by atoms with Gasteiger partial charge in [0.25, 0.3) is 10.0 Å². The molecule has 0 spiro atoms. The number of hydrazone groups is 1. The zero-order valence-electron chi connectivity index (χ0n) is 17.5. The Morgan fingerprint density at radius 2 is 1.86 bits per heavy atom. The molecule has 2 rings (SSSR count). The quantitative estimate of drug-likeness (QED) is 0.542. The van der Waals surface area contributed by atoms with Crippen LogP contribution in [0.15, 0.2) is 52.5 Å². The Labute approximate surface area is 168 Å². The SMILES string of the molecule is Cc1ccc(C(C)(C)C)cc1S(=O)(=O)N/N=C/c1cccc(OCC(C)C)c1. The van der Waals surface area contributed by atoms with Gasteiger partial charge in [-0.3, -0.25) is 0 Å². The van der Waals surface area contributed by atoms with Gasteiger partial charge in [0.15, 0.2) is 0 Å². The third-order valence-corrected chi connectivity index (χ3v) is 5.54. The van der Waals surface area contributed by atoms with E-state index in [4.69, 9.17) is 4.74 Å². The highest BCUT2D eigenvalue weighted by Crippen LogP contribution is 2.26. The molecule has 6 heteroatoms. The normalized spacial score (nSPS) is 12.5. The maximum absolute atomic E-state index is 12.7. The van der Waals surface area contributed by atoms with Gasteiger partial charge in [-0.1, -0.05) is 58.9 Å². The molecule has 0 heterocycles. The first-order chi connectivity index (χ1) is 13.0. The summed E-state index contributed by atoms with van der Waals surface area (Å²) in [6.07, 6.45) is 1.47. The van der Waals surface area contributed by atoms with Crippen LogP contribution >= 0.6 is 0 Å². The maximum Gasteiger partial charge on any atom is 0.276 e. The van der Waals surface area contributed by atoms with E-state index in [0.29, 0.717) is 18.1 Å². The molecular formula is C22H30N2O3S. The molecule has 5 nitrogen and oxygen atoms in total. The minimum atomic E-state index is -3.75. The van der Waals surface area contributed by atoms with E-state index in [1.807, 2.05) is 57.2 Å². The fourth-order valence-corrected chi connectivity index (χ4v) is 3.59. The summed E-state index contributed by atoms with van der Waals surface area (Å²) >= 11 is 0. The van der Waals surface area contributed by atoms with Crippen LogP contribution in [0.5, 0.6) is 5.75 Å². The second-order valence-corrected chi connectivity index (χ2v) is 9.99. The van der Waals surface area contributed by atoms with E-state index in [0.717, 1.165) is 16.9 Å². The van der Waals surface area contributed by atoms with Crippen LogP contribution in [0.3, 0.4) is 0 Å². The van der Waals surface area contributed by atoms with Gasteiger partial charge in [-0.15, -0.1) is 0 Å². The maximum atomic E-state index is 12.7. The molecule has 0 aliphatic heterocycles. The van der Waals surface area contributed by atoms with Gasteiger partial charge in [0.2, 0.25) is 0 Å². The van der Waals surface area contributed by atoms with Gasteiger partial charge >= 0.3 is 0 Å². The molecule has 1 N–H and O–H groups in total. The lowest BCUT2D eigenvalue weighted by atomic mass is 9.87. The van der Waals surface area contributed by atoms with Crippen molar-refractivity contribution in [2.45, 2.75) is 51.9 Å². The Morgan fingerprint density at radius 3 is 2.50 bits per heavy atom. The van der Waals surface area contributed by atoms with Crippen LogP contribution in [0.25, 0.3) is 0 Å². The smallest absolute Gasteiger partial charge is 0.276 e. The summed E-state index contributed by atoms with van der Waals surface area (Å²) < 4.78 is 31.1. The van der Waals surface area contributed by atoms with E-state index in [-0.39, 0.29) is 10.3 Å². The number of nitrogens with one attached hydrogen (secondary N) is 1. The Kier molecular flexibility index (Phi) is 6.88. The van der Waals surface area contributed by atoms with Gasteiger partial charge in [0.05, 0.1) is 17.7 Å². The van der Waals surface area contributed by atoms with Crippen molar-refractivity contribution in [1.82, 2.24) is 4.83 Å². The van der Waals surface area contributed by atoms with E-state index in [1.54, 1.807) is 13.0 Å². The second-order valence-electron chi connectivity index (χ2n) is 8.36. The first-order valence-electron chi connectivity index (χ1n) is 9.38. The monoisotopic (exact) mass is 402 g/mol. The fourth-order valence-electron chi connectivity index (χ4n) is 2.52. The molecule has 0 bridgehead atoms. The van der Waals surface area contributed by atoms with Crippen molar-refractivity contribution in [3.05, 3.63) is 59.2 Å². The summed E-state index contributed by atoms with van der Waals surface area (Å²) in [6, 6.07) is 12.9. The van der Waals surface area contributed by atoms with Gasteiger partial charge in [0, 0.05) is 0 Å². The number of ether oxygens (including phenoxy) is 1. The first kappa shape index (κ1) is 22.0. The van der Waals surface area contributed by atoms with Gasteiger partial charge in [0.1, 0.15) is 5.75 Å². The number of rotatable bonds is 7. The minimum Gasteiger partial charge on any atom is -0.493 e. The van der Waals surface area contributed by atoms with Crippen LogP contribution < -0.4 is 9.57 Å².